The van der Waals surface area contributed by atoms with E-state index in [1.807, 2.05) is 26.0 Å². The monoisotopic (exact) mass is 247 g/mol. The first-order chi connectivity index (χ1) is 8.18. The fourth-order valence-electron chi connectivity index (χ4n) is 1.39. The second-order valence-electron chi connectivity index (χ2n) is 3.28. The molecule has 0 amide bonds. The Hall–Kier alpha value is -1.68. The second-order valence-corrected chi connectivity index (χ2v) is 4.19. The van der Waals surface area contributed by atoms with E-state index >= 15 is 0 Å². The van der Waals surface area contributed by atoms with Crippen molar-refractivity contribution in [2.24, 2.45) is 5.73 Å². The van der Waals surface area contributed by atoms with E-state index in [-0.39, 0.29) is 5.84 Å². The molecule has 17 heavy (non-hydrogen) atoms. The fraction of sp³-hybridized carbons (Fsp3) is 0.231. The molecule has 0 fully saturated rings. The number of rotatable bonds is 2. The van der Waals surface area contributed by atoms with E-state index < -0.39 is 0 Å². The maximum Gasteiger partial charge on any atom is 0.141 e. The summed E-state index contributed by atoms with van der Waals surface area (Å²) < 4.78 is 0. The van der Waals surface area contributed by atoms with Crippen molar-refractivity contribution in [3.05, 3.63) is 41.0 Å². The summed E-state index contributed by atoms with van der Waals surface area (Å²) in [7, 11) is 0. The SMILES string of the molecule is CC.Cc1ccsc1-c1ccnc(C(=N)N)c1. The molecular weight excluding hydrogens is 230 g/mol. The Morgan fingerprint density at radius 1 is 1.35 bits per heavy atom. The topological polar surface area (TPSA) is 62.8 Å². The van der Waals surface area contributed by atoms with Gasteiger partial charge in [-0.15, -0.1) is 11.3 Å². The van der Waals surface area contributed by atoms with Crippen LogP contribution >= 0.6 is 11.3 Å². The molecule has 0 radical (unpaired) electrons. The highest BCUT2D eigenvalue weighted by molar-refractivity contribution is 7.13. The summed E-state index contributed by atoms with van der Waals surface area (Å²) in [5, 5.41) is 9.38. The number of nitrogens with two attached hydrogens (primary N) is 1. The molecule has 2 aromatic rings. The molecule has 0 saturated carbocycles. The highest BCUT2D eigenvalue weighted by Gasteiger charge is 2.05. The molecule has 4 heteroatoms. The summed E-state index contributed by atoms with van der Waals surface area (Å²) in [6, 6.07) is 5.86. The number of hydrogen-bond donors (Lipinski definition) is 2. The summed E-state index contributed by atoms with van der Waals surface area (Å²) >= 11 is 1.68. The molecule has 2 heterocycles. The number of aromatic nitrogens is 1. The Kier molecular flexibility index (Phi) is 4.84. The van der Waals surface area contributed by atoms with E-state index in [1.165, 1.54) is 10.4 Å². The van der Waals surface area contributed by atoms with E-state index in [1.54, 1.807) is 17.5 Å². The molecule has 0 bridgehead atoms. The van der Waals surface area contributed by atoms with Crippen molar-refractivity contribution in [2.45, 2.75) is 20.8 Å². The molecule has 0 aliphatic carbocycles. The minimum absolute atomic E-state index is 0.00561. The summed E-state index contributed by atoms with van der Waals surface area (Å²) in [5.41, 5.74) is 8.24. The van der Waals surface area contributed by atoms with E-state index in [0.29, 0.717) is 5.69 Å². The average Bonchev–Trinajstić information content (AvgIpc) is 2.78. The molecule has 2 aromatic heterocycles. The highest BCUT2D eigenvalue weighted by Crippen LogP contribution is 2.28. The van der Waals surface area contributed by atoms with Crippen molar-refractivity contribution in [1.82, 2.24) is 4.98 Å². The minimum atomic E-state index is 0.00561. The molecule has 0 saturated heterocycles. The smallest absolute Gasteiger partial charge is 0.141 e. The van der Waals surface area contributed by atoms with Crippen LogP contribution in [0.5, 0.6) is 0 Å². The number of pyridine rings is 1. The Morgan fingerprint density at radius 2 is 2.06 bits per heavy atom. The number of nitrogens with one attached hydrogen (secondary N) is 1. The van der Waals surface area contributed by atoms with Crippen LogP contribution in [-0.4, -0.2) is 10.8 Å². The van der Waals surface area contributed by atoms with Crippen LogP contribution in [0.3, 0.4) is 0 Å². The van der Waals surface area contributed by atoms with Gasteiger partial charge in [-0.25, -0.2) is 0 Å². The Morgan fingerprint density at radius 3 is 2.59 bits per heavy atom. The molecule has 0 aliphatic rings. The third kappa shape index (κ3) is 3.14. The predicted molar refractivity (Wildman–Crippen MR) is 74.7 cm³/mol. The number of aryl methyl sites for hydroxylation is 1. The van der Waals surface area contributed by atoms with Crippen LogP contribution in [0.2, 0.25) is 0 Å². The molecule has 0 spiro atoms. The lowest BCUT2D eigenvalue weighted by Gasteiger charge is -2.02. The van der Waals surface area contributed by atoms with Gasteiger partial charge in [-0.05, 0) is 41.6 Å². The van der Waals surface area contributed by atoms with Crippen LogP contribution in [0, 0.1) is 12.3 Å². The largest absolute Gasteiger partial charge is 0.382 e. The summed E-state index contributed by atoms with van der Waals surface area (Å²) in [5.74, 6) is 0.00561. The van der Waals surface area contributed by atoms with Crippen LogP contribution in [0.25, 0.3) is 10.4 Å². The molecule has 0 unspecified atom stereocenters. The van der Waals surface area contributed by atoms with Gasteiger partial charge < -0.3 is 5.73 Å². The number of nitrogen functional groups attached to an aromatic ring is 1. The van der Waals surface area contributed by atoms with Crippen LogP contribution in [0.15, 0.2) is 29.8 Å². The van der Waals surface area contributed by atoms with Gasteiger partial charge in [-0.1, -0.05) is 13.8 Å². The van der Waals surface area contributed by atoms with E-state index in [9.17, 15) is 0 Å². The number of amidine groups is 1. The predicted octanol–water partition coefficient (Wildman–Crippen LogP) is 3.43. The lowest BCUT2D eigenvalue weighted by Crippen LogP contribution is -2.12. The number of nitrogens with zero attached hydrogens (tertiary/aromatic N) is 1. The first-order valence-corrected chi connectivity index (χ1v) is 6.41. The molecule has 2 rings (SSSR count). The molecule has 3 nitrogen and oxygen atoms in total. The summed E-state index contributed by atoms with van der Waals surface area (Å²) in [6.45, 7) is 6.07. The normalized spacial score (nSPS) is 9.35. The summed E-state index contributed by atoms with van der Waals surface area (Å²) in [6.07, 6.45) is 1.69. The van der Waals surface area contributed by atoms with Gasteiger partial charge in [-0.2, -0.15) is 0 Å². The molecule has 3 N–H and O–H groups in total. The minimum Gasteiger partial charge on any atom is -0.382 e. The zero-order valence-electron chi connectivity index (χ0n) is 10.3. The van der Waals surface area contributed by atoms with Crippen LogP contribution in [-0.2, 0) is 0 Å². The van der Waals surface area contributed by atoms with Crippen molar-refractivity contribution in [3.8, 4) is 10.4 Å². The van der Waals surface area contributed by atoms with Crippen molar-refractivity contribution >= 4 is 17.2 Å². The van der Waals surface area contributed by atoms with E-state index in [4.69, 9.17) is 11.1 Å². The Bertz CT molecular complexity index is 503. The van der Waals surface area contributed by atoms with Crippen molar-refractivity contribution in [1.29, 1.82) is 5.41 Å². The maximum absolute atomic E-state index is 7.33. The number of thiophene rings is 1. The fourth-order valence-corrected chi connectivity index (χ4v) is 2.31. The van der Waals surface area contributed by atoms with Gasteiger partial charge in [0.2, 0.25) is 0 Å². The third-order valence-electron chi connectivity index (χ3n) is 2.16. The van der Waals surface area contributed by atoms with Gasteiger partial charge >= 0.3 is 0 Å². The first kappa shape index (κ1) is 13.4. The first-order valence-electron chi connectivity index (χ1n) is 5.53. The highest BCUT2D eigenvalue weighted by atomic mass is 32.1. The Balaban J connectivity index is 0.000000686. The number of hydrogen-bond acceptors (Lipinski definition) is 3. The third-order valence-corrected chi connectivity index (χ3v) is 3.23. The molecule has 0 aliphatic heterocycles. The van der Waals surface area contributed by atoms with Crippen LogP contribution < -0.4 is 5.73 Å². The second kappa shape index (κ2) is 6.15. The average molecular weight is 247 g/mol. The standard InChI is InChI=1S/C11H11N3S.C2H6/c1-7-3-5-15-10(7)8-2-4-14-9(6-8)11(12)13;1-2/h2-6H,1H3,(H3,12,13);1-2H3. The summed E-state index contributed by atoms with van der Waals surface area (Å²) in [4.78, 5) is 5.24. The van der Waals surface area contributed by atoms with Gasteiger partial charge in [0, 0.05) is 11.1 Å². The molecular formula is C13H17N3S. The van der Waals surface area contributed by atoms with E-state index in [0.717, 1.165) is 5.56 Å². The van der Waals surface area contributed by atoms with Gasteiger partial charge in [0.15, 0.2) is 0 Å². The maximum atomic E-state index is 7.33. The molecule has 90 valence electrons. The van der Waals surface area contributed by atoms with Crippen molar-refractivity contribution in [3.63, 3.8) is 0 Å². The molecule has 0 aromatic carbocycles. The zero-order valence-corrected chi connectivity index (χ0v) is 11.1. The Labute approximate surface area is 106 Å². The lowest BCUT2D eigenvalue weighted by molar-refractivity contribution is 1.26. The van der Waals surface area contributed by atoms with Crippen molar-refractivity contribution < 1.29 is 0 Å². The van der Waals surface area contributed by atoms with Gasteiger partial charge in [0.05, 0.1) is 0 Å². The van der Waals surface area contributed by atoms with Crippen LogP contribution in [0.4, 0.5) is 0 Å². The van der Waals surface area contributed by atoms with Crippen LogP contribution in [0.1, 0.15) is 25.1 Å². The van der Waals surface area contributed by atoms with E-state index in [2.05, 4.69) is 23.4 Å². The van der Waals surface area contributed by atoms with Crippen molar-refractivity contribution in [2.75, 3.05) is 0 Å². The zero-order chi connectivity index (χ0) is 12.8. The molecule has 0 atom stereocenters. The van der Waals surface area contributed by atoms with Gasteiger partial charge in [0.25, 0.3) is 0 Å². The van der Waals surface area contributed by atoms with Gasteiger partial charge in [0.1, 0.15) is 11.5 Å². The lowest BCUT2D eigenvalue weighted by atomic mass is 10.1. The quantitative estimate of drug-likeness (QED) is 0.631. The van der Waals surface area contributed by atoms with Gasteiger partial charge in [-0.3, -0.25) is 10.4 Å².